The van der Waals surface area contributed by atoms with E-state index in [9.17, 15) is 19.2 Å². The van der Waals surface area contributed by atoms with Crippen molar-refractivity contribution in [2.75, 3.05) is 63.2 Å². The number of hydrogen-bond donors (Lipinski definition) is 3. The van der Waals surface area contributed by atoms with Gasteiger partial charge in [0.25, 0.3) is 11.5 Å². The number of aryl methyl sites for hydroxylation is 1. The molecule has 0 bridgehead atoms. The minimum Gasteiger partial charge on any atom is -0.489 e. The van der Waals surface area contributed by atoms with Crippen LogP contribution in [-0.2, 0) is 21.4 Å². The van der Waals surface area contributed by atoms with E-state index in [-0.39, 0.29) is 66.4 Å². The van der Waals surface area contributed by atoms with Gasteiger partial charge in [-0.05, 0) is 81.6 Å². The summed E-state index contributed by atoms with van der Waals surface area (Å²) in [5.41, 5.74) is 2.57. The van der Waals surface area contributed by atoms with Gasteiger partial charge < -0.3 is 29.9 Å². The Morgan fingerprint density at radius 3 is 2.59 bits per heavy atom. The molecule has 2 aromatic carbocycles. The molecule has 0 radical (unpaired) electrons. The van der Waals surface area contributed by atoms with Crippen LogP contribution in [-0.4, -0.2) is 99.9 Å². The molecule has 3 saturated heterocycles. The van der Waals surface area contributed by atoms with Crippen molar-refractivity contribution >= 4 is 68.6 Å². The van der Waals surface area contributed by atoms with Crippen molar-refractivity contribution in [3.05, 3.63) is 69.0 Å². The fraction of sp³-hybridized carbons (Fsp3) is 0.465. The van der Waals surface area contributed by atoms with Crippen LogP contribution in [0.1, 0.15) is 74.6 Å². The van der Waals surface area contributed by atoms with Gasteiger partial charge in [0.15, 0.2) is 24.0 Å². The third-order valence-electron chi connectivity index (χ3n) is 12.6. The summed E-state index contributed by atoms with van der Waals surface area (Å²) in [7, 11) is 3.21. The van der Waals surface area contributed by atoms with Gasteiger partial charge in [-0.1, -0.05) is 23.7 Å². The Labute approximate surface area is 355 Å². The van der Waals surface area contributed by atoms with Gasteiger partial charge in [0, 0.05) is 62.7 Å². The first-order chi connectivity index (χ1) is 29.4. The number of anilines is 3. The number of pyridine rings is 1. The number of carbonyl (C=O) groups excluding carboxylic acids is 3. The fourth-order valence-electron chi connectivity index (χ4n) is 9.36. The van der Waals surface area contributed by atoms with Crippen molar-refractivity contribution in [3.63, 3.8) is 0 Å². The van der Waals surface area contributed by atoms with Gasteiger partial charge in [-0.2, -0.15) is 10.1 Å². The van der Waals surface area contributed by atoms with Crippen molar-refractivity contribution in [2.45, 2.75) is 63.3 Å². The summed E-state index contributed by atoms with van der Waals surface area (Å²) in [5, 5.41) is 14.4. The van der Waals surface area contributed by atoms with Gasteiger partial charge in [0.1, 0.15) is 22.9 Å². The Hall–Kier alpha value is -5.81. The highest BCUT2D eigenvalue weighted by atomic mass is 35.5. The SMILES string of the molecule is CNC(=O)COc1cc2cc(Nc3nc(N4CCC(CN5CCC(c6ccc7c(C8CCC(=O)NC8=O)nn(C)c7c6F)CC5)CC4)ncc3Cl)cc3c2n(c1=O)[C@H](C)CO3. The van der Waals surface area contributed by atoms with Crippen LogP contribution < -0.4 is 35.9 Å². The van der Waals surface area contributed by atoms with E-state index in [2.05, 4.69) is 35.8 Å². The quantitative estimate of drug-likeness (QED) is 0.162. The zero-order chi connectivity index (χ0) is 42.5. The minimum absolute atomic E-state index is 0.0714. The first kappa shape index (κ1) is 40.6. The second-order valence-electron chi connectivity index (χ2n) is 16.6. The predicted molar refractivity (Wildman–Crippen MR) is 227 cm³/mol. The maximum Gasteiger partial charge on any atom is 0.293 e. The summed E-state index contributed by atoms with van der Waals surface area (Å²) < 4.78 is 31.0. The van der Waals surface area contributed by atoms with Crippen molar-refractivity contribution in [1.29, 1.82) is 0 Å². The number of aromatic nitrogens is 5. The van der Waals surface area contributed by atoms with E-state index in [1.54, 1.807) is 23.9 Å². The number of halogens is 2. The molecule has 320 valence electrons. The maximum absolute atomic E-state index is 16.2. The first-order valence-corrected chi connectivity index (χ1v) is 21.3. The number of piperidine rings is 3. The lowest BCUT2D eigenvalue weighted by molar-refractivity contribution is -0.134. The van der Waals surface area contributed by atoms with Crippen LogP contribution in [0.2, 0.25) is 5.02 Å². The van der Waals surface area contributed by atoms with Crippen molar-refractivity contribution in [2.24, 2.45) is 13.0 Å². The van der Waals surface area contributed by atoms with Crippen LogP contribution in [0.25, 0.3) is 21.8 Å². The zero-order valence-electron chi connectivity index (χ0n) is 34.3. The number of likely N-dealkylation sites (N-methyl/N-ethyl adjacent to an activating group) is 1. The molecule has 3 amide bonds. The summed E-state index contributed by atoms with van der Waals surface area (Å²) in [6.45, 7) is 6.23. The van der Waals surface area contributed by atoms with Gasteiger partial charge in [-0.15, -0.1) is 0 Å². The normalized spacial score (nSPS) is 20.2. The monoisotopic (exact) mass is 854 g/mol. The summed E-state index contributed by atoms with van der Waals surface area (Å²) in [5.74, 6) is 0.344. The van der Waals surface area contributed by atoms with E-state index in [0.717, 1.165) is 58.4 Å². The van der Waals surface area contributed by atoms with Crippen LogP contribution in [0, 0.1) is 11.7 Å². The highest BCUT2D eigenvalue weighted by Gasteiger charge is 2.34. The topological polar surface area (TPSA) is 178 Å². The highest BCUT2D eigenvalue weighted by Crippen LogP contribution is 2.39. The lowest BCUT2D eigenvalue weighted by atomic mass is 9.86. The third-order valence-corrected chi connectivity index (χ3v) is 12.9. The summed E-state index contributed by atoms with van der Waals surface area (Å²) >= 11 is 6.63. The van der Waals surface area contributed by atoms with Crippen molar-refractivity contribution in [1.82, 2.24) is 39.8 Å². The van der Waals surface area contributed by atoms with Gasteiger partial charge in [-0.3, -0.25) is 33.7 Å². The van der Waals surface area contributed by atoms with Crippen molar-refractivity contribution < 1.29 is 28.2 Å². The molecule has 0 aliphatic carbocycles. The third kappa shape index (κ3) is 7.84. The Balaban J connectivity index is 0.819. The molecule has 18 heteroatoms. The lowest BCUT2D eigenvalue weighted by Gasteiger charge is -2.38. The molecule has 3 aromatic heterocycles. The second kappa shape index (κ2) is 16.6. The van der Waals surface area contributed by atoms with Gasteiger partial charge in [0.2, 0.25) is 17.8 Å². The molecule has 1 unspecified atom stereocenters. The summed E-state index contributed by atoms with van der Waals surface area (Å²) in [6, 6.07) is 8.82. The molecule has 7 heterocycles. The second-order valence-corrected chi connectivity index (χ2v) is 17.0. The highest BCUT2D eigenvalue weighted by molar-refractivity contribution is 6.33. The van der Waals surface area contributed by atoms with E-state index < -0.39 is 5.92 Å². The van der Waals surface area contributed by atoms with Crippen LogP contribution in [0.4, 0.5) is 21.8 Å². The van der Waals surface area contributed by atoms with E-state index in [1.165, 1.54) is 11.7 Å². The molecule has 3 N–H and O–H groups in total. The number of likely N-dealkylation sites (tertiary alicyclic amines) is 1. The largest absolute Gasteiger partial charge is 0.489 e. The number of carbonyl (C=O) groups is 3. The molecule has 9 rings (SSSR count). The number of benzene rings is 2. The number of amides is 3. The number of hydrogen-bond acceptors (Lipinski definition) is 12. The molecule has 2 atom stereocenters. The minimum atomic E-state index is -0.576. The molecule has 3 fully saturated rings. The van der Waals surface area contributed by atoms with Crippen LogP contribution in [0.3, 0.4) is 0 Å². The molecule has 0 saturated carbocycles. The number of nitrogens with one attached hydrogen (secondary N) is 3. The number of imide groups is 1. The molecule has 16 nitrogen and oxygen atoms in total. The number of nitrogens with zero attached hydrogens (tertiary/aromatic N) is 7. The molecular weight excluding hydrogens is 807 g/mol. The standard InChI is InChI=1S/C43H48ClFN10O6/c1-23-21-60-32-18-27(16-26-17-33(61-22-35(57)46-2)42(59)55(23)38(26)32)48-40-31(44)19-47-43(50-40)54-14-8-24(9-15-54)20-53-12-10-25(11-13-53)28-4-5-29-37(51-52(3)39(29)36(28)45)30-6-7-34(56)49-41(30)58/h4-5,16-19,23-25,30H,6-15,20-22H2,1-3H3,(H,46,57)(H,47,48,50)(H,49,56,58)/t23-,30?/m1/s1. The molecule has 5 aromatic rings. The smallest absolute Gasteiger partial charge is 0.293 e. The van der Waals surface area contributed by atoms with Crippen molar-refractivity contribution in [3.8, 4) is 11.5 Å². The Morgan fingerprint density at radius 2 is 1.84 bits per heavy atom. The van der Waals surface area contributed by atoms with Crippen LogP contribution in [0.5, 0.6) is 11.5 Å². The number of rotatable bonds is 10. The van der Waals surface area contributed by atoms with Gasteiger partial charge in [-0.25, -0.2) is 9.37 Å². The van der Waals surface area contributed by atoms with E-state index in [1.807, 2.05) is 31.2 Å². The molecule has 4 aliphatic heterocycles. The number of fused-ring (bicyclic) bond motifs is 1. The summed E-state index contributed by atoms with van der Waals surface area (Å²) in [6.07, 6.45) is 5.86. The summed E-state index contributed by atoms with van der Waals surface area (Å²) in [4.78, 5) is 63.6. The van der Waals surface area contributed by atoms with E-state index in [4.69, 9.17) is 26.1 Å². The van der Waals surface area contributed by atoms with Crippen LogP contribution >= 0.6 is 11.6 Å². The Bertz CT molecular complexity index is 2620. The lowest BCUT2D eigenvalue weighted by Crippen LogP contribution is -2.41. The fourth-order valence-corrected chi connectivity index (χ4v) is 9.50. The molecule has 0 spiro atoms. The average Bonchev–Trinajstić information content (AvgIpc) is 3.59. The first-order valence-electron chi connectivity index (χ1n) is 20.9. The number of ether oxygens (including phenoxy) is 2. The van der Waals surface area contributed by atoms with Gasteiger partial charge >= 0.3 is 0 Å². The van der Waals surface area contributed by atoms with E-state index >= 15 is 4.39 Å². The Morgan fingerprint density at radius 1 is 1.05 bits per heavy atom. The molecule has 61 heavy (non-hydrogen) atoms. The maximum atomic E-state index is 16.2. The molecular formula is C43H48ClFN10O6. The van der Waals surface area contributed by atoms with Crippen LogP contribution in [0.15, 0.2) is 41.3 Å². The molecule has 4 aliphatic rings. The Kier molecular flexibility index (Phi) is 11.0. The zero-order valence-corrected chi connectivity index (χ0v) is 35.1. The van der Waals surface area contributed by atoms with Gasteiger partial charge in [0.05, 0.1) is 29.4 Å². The predicted octanol–water partition coefficient (Wildman–Crippen LogP) is 4.91. The van der Waals surface area contributed by atoms with E-state index in [0.29, 0.717) is 73.6 Å². The average molecular weight is 855 g/mol.